The first-order valence-electron chi connectivity index (χ1n) is 19.9. The fraction of sp³-hybridized carbons (Fsp3) is 1.00. The number of aliphatic hydroxyl groups excluding tert-OH is 3. The summed E-state index contributed by atoms with van der Waals surface area (Å²) in [6, 6.07) is 0. The highest BCUT2D eigenvalue weighted by atomic mass is 31.3. The van der Waals surface area contributed by atoms with E-state index in [0.29, 0.717) is 98.4 Å². The van der Waals surface area contributed by atoms with Gasteiger partial charge in [-0.1, -0.05) is 40.0 Å². The summed E-state index contributed by atoms with van der Waals surface area (Å²) in [7, 11) is -9.97. The Balaban J connectivity index is 3.43. The smallest absolute Gasteiger partial charge is 0.281 e. The molecule has 0 aliphatic carbocycles. The van der Waals surface area contributed by atoms with Crippen LogP contribution < -0.4 is 15.3 Å². The second kappa shape index (κ2) is 36.2. The molecule has 0 radical (unpaired) electrons. The molecule has 1 heterocycles. The Hall–Kier alpha value is 0.0900. The molecule has 0 unspecified atom stereocenters. The Kier molecular flexibility index (Phi) is 34.9. The summed E-state index contributed by atoms with van der Waals surface area (Å²) >= 11 is 0. The van der Waals surface area contributed by atoms with Gasteiger partial charge >= 0.3 is 0 Å². The number of nitrogens with one attached hydrogen (secondary N) is 3. The molecule has 0 aromatic carbocycles. The van der Waals surface area contributed by atoms with Crippen LogP contribution in [-0.2, 0) is 42.0 Å². The Bertz CT molecular complexity index is 897. The molecule has 18 nitrogen and oxygen atoms in total. The molecule has 21 heteroatoms. The lowest BCUT2D eigenvalue weighted by Gasteiger charge is -2.35. The second-order valence-corrected chi connectivity index (χ2v) is 19.2. The quantitative estimate of drug-likeness (QED) is 0.0340. The second-order valence-electron chi connectivity index (χ2n) is 12.1. The van der Waals surface area contributed by atoms with Gasteiger partial charge in [-0.15, -0.1) is 0 Å². The zero-order chi connectivity index (χ0) is 39.3. The highest BCUT2D eigenvalue weighted by Gasteiger charge is 2.40. The lowest BCUT2D eigenvalue weighted by Crippen LogP contribution is -2.24. The molecule has 0 aromatic rings. The molecular formula is C33H75N6O12P3. The van der Waals surface area contributed by atoms with E-state index in [1.54, 1.807) is 0 Å². The van der Waals surface area contributed by atoms with Crippen molar-refractivity contribution < 1.29 is 57.3 Å². The highest BCUT2D eigenvalue weighted by Crippen LogP contribution is 2.75. The fourth-order valence-corrected chi connectivity index (χ4v) is 15.0. The van der Waals surface area contributed by atoms with Crippen molar-refractivity contribution in [3.63, 3.8) is 0 Å². The van der Waals surface area contributed by atoms with Crippen LogP contribution in [0, 0.1) is 0 Å². The van der Waals surface area contributed by atoms with Crippen LogP contribution in [-0.4, -0.2) is 154 Å². The monoisotopic (exact) mass is 840 g/mol. The zero-order valence-corrected chi connectivity index (χ0v) is 36.1. The maximum atomic E-state index is 9.68. The third kappa shape index (κ3) is 26.2. The minimum atomic E-state index is -3.32. The Morgan fingerprint density at radius 1 is 0.352 bits per heavy atom. The number of ether oxygens (including phenoxy) is 6. The van der Waals surface area contributed by atoms with Crippen LogP contribution in [0.4, 0.5) is 0 Å². The van der Waals surface area contributed by atoms with E-state index in [-0.39, 0.29) is 59.5 Å². The first-order valence-corrected chi connectivity index (χ1v) is 24.7. The number of hydrogen-bond donors (Lipinski definition) is 6. The van der Waals surface area contributed by atoms with Crippen molar-refractivity contribution in [3.05, 3.63) is 0 Å². The molecule has 0 saturated heterocycles. The summed E-state index contributed by atoms with van der Waals surface area (Å²) in [5.74, 6) is 0. The molecule has 0 spiro atoms. The van der Waals surface area contributed by atoms with Crippen LogP contribution in [0.2, 0.25) is 0 Å². The van der Waals surface area contributed by atoms with E-state index < -0.39 is 22.7 Å². The molecule has 6 N–H and O–H groups in total. The predicted octanol–water partition coefficient (Wildman–Crippen LogP) is 5.30. The first-order chi connectivity index (χ1) is 26.5. The molecule has 0 aromatic heterocycles. The van der Waals surface area contributed by atoms with Crippen molar-refractivity contribution in [2.75, 3.05) is 139 Å². The van der Waals surface area contributed by atoms with Gasteiger partial charge in [0.05, 0.1) is 79.3 Å². The molecule has 1 rings (SSSR count). The van der Waals surface area contributed by atoms with Crippen LogP contribution in [0.1, 0.15) is 78.6 Å². The fourth-order valence-electron chi connectivity index (χ4n) is 4.32. The lowest BCUT2D eigenvalue weighted by atomic mass is 10.4. The van der Waals surface area contributed by atoms with Gasteiger partial charge in [-0.05, 0) is 38.5 Å². The average Bonchev–Trinajstić information content (AvgIpc) is 3.16. The van der Waals surface area contributed by atoms with Crippen molar-refractivity contribution in [1.29, 1.82) is 0 Å². The third-order valence-electron chi connectivity index (χ3n) is 7.23. The third-order valence-corrected chi connectivity index (χ3v) is 16.6. The minimum Gasteiger partial charge on any atom is -0.396 e. The summed E-state index contributed by atoms with van der Waals surface area (Å²) in [5, 5.41) is 39.2. The summed E-state index contributed by atoms with van der Waals surface area (Å²) in [6.45, 7) is 13.3. The van der Waals surface area contributed by atoms with E-state index in [2.05, 4.69) is 36.0 Å². The topological polar surface area (TPSA) is 217 Å². The van der Waals surface area contributed by atoms with Gasteiger partial charge in [0.25, 0.3) is 22.7 Å². The maximum Gasteiger partial charge on any atom is 0.281 e. The summed E-state index contributed by atoms with van der Waals surface area (Å²) in [5.41, 5.74) is 0. The van der Waals surface area contributed by atoms with E-state index in [1.165, 1.54) is 0 Å². The average molecular weight is 841 g/mol. The van der Waals surface area contributed by atoms with Crippen LogP contribution in [0.5, 0.6) is 0 Å². The van der Waals surface area contributed by atoms with E-state index in [0.717, 1.165) is 38.5 Å². The van der Waals surface area contributed by atoms with Gasteiger partial charge in [-0.25, -0.2) is 15.3 Å². The molecule has 1 aliphatic rings. The summed E-state index contributed by atoms with van der Waals surface area (Å²) in [6.07, 6.45) is 7.48. The number of aliphatic hydroxyl groups is 3. The Morgan fingerprint density at radius 2 is 0.593 bits per heavy atom. The van der Waals surface area contributed by atoms with Gasteiger partial charge < -0.3 is 57.3 Å². The Morgan fingerprint density at radius 3 is 0.833 bits per heavy atom. The van der Waals surface area contributed by atoms with Crippen molar-refractivity contribution in [2.24, 2.45) is 13.5 Å². The van der Waals surface area contributed by atoms with Crippen molar-refractivity contribution in [2.45, 2.75) is 78.6 Å². The molecule has 1 aliphatic heterocycles. The largest absolute Gasteiger partial charge is 0.396 e. The molecule has 54 heavy (non-hydrogen) atoms. The maximum absolute atomic E-state index is 9.68. The minimum absolute atomic E-state index is 0.0470. The van der Waals surface area contributed by atoms with Crippen molar-refractivity contribution in [3.8, 4) is 0 Å². The molecule has 0 amide bonds. The number of hydrogen-bond acceptors (Lipinski definition) is 18. The van der Waals surface area contributed by atoms with E-state index in [1.807, 2.05) is 0 Å². The standard InChI is InChI=1S/C33H75N6O12P3/c1-4-7-19-43-22-25-46-28-31-49-52(34-13-10-16-40)37-53(35-14-11-17-41,50-32-29-47-26-23-44-20-8-5-2)39-54(38-52,36-15-12-18-42)51-33-30-48-27-24-45-21-9-6-3/h34-36,40-42H,4-33H2,1-3H3. The molecular weight excluding hydrogens is 765 g/mol. The van der Waals surface area contributed by atoms with Crippen molar-refractivity contribution in [1.82, 2.24) is 15.3 Å². The Labute approximate surface area is 325 Å². The zero-order valence-electron chi connectivity index (χ0n) is 33.4. The molecule has 0 fully saturated rings. The van der Waals surface area contributed by atoms with E-state index >= 15 is 0 Å². The molecule has 0 atom stereocenters. The van der Waals surface area contributed by atoms with E-state index in [4.69, 9.17) is 55.5 Å². The normalized spacial score (nSPS) is 21.2. The lowest BCUT2D eigenvalue weighted by molar-refractivity contribution is 0.0356. The van der Waals surface area contributed by atoms with Crippen LogP contribution in [0.3, 0.4) is 0 Å². The molecule has 0 bridgehead atoms. The van der Waals surface area contributed by atoms with Gasteiger partial charge in [0.1, 0.15) is 0 Å². The molecule has 0 saturated carbocycles. The number of rotatable bonds is 42. The molecule has 324 valence electrons. The van der Waals surface area contributed by atoms with Gasteiger partial charge in [0, 0.05) is 59.3 Å². The van der Waals surface area contributed by atoms with Crippen LogP contribution in [0.15, 0.2) is 13.5 Å². The summed E-state index contributed by atoms with van der Waals surface area (Å²) in [4.78, 5) is 0. The highest BCUT2D eigenvalue weighted by molar-refractivity contribution is 7.81. The van der Waals surface area contributed by atoms with E-state index in [9.17, 15) is 15.3 Å². The first kappa shape index (κ1) is 52.1. The van der Waals surface area contributed by atoms with Crippen LogP contribution in [0.25, 0.3) is 0 Å². The predicted molar refractivity (Wildman–Crippen MR) is 215 cm³/mol. The number of unbranched alkanes of at least 4 members (excludes halogenated alkanes) is 3. The summed E-state index contributed by atoms with van der Waals surface area (Å²) < 4.78 is 69.4. The van der Waals surface area contributed by atoms with Gasteiger partial charge in [0.15, 0.2) is 0 Å². The number of nitrogens with zero attached hydrogens (tertiary/aromatic N) is 3. The van der Waals surface area contributed by atoms with Gasteiger partial charge in [0.2, 0.25) is 0 Å². The van der Waals surface area contributed by atoms with Crippen LogP contribution >= 0.6 is 22.7 Å². The van der Waals surface area contributed by atoms with Gasteiger partial charge in [-0.3, -0.25) is 0 Å². The van der Waals surface area contributed by atoms with Crippen molar-refractivity contribution >= 4 is 22.7 Å². The SMILES string of the molecule is CCCCOCCOCCOP1(NCCCO)=NP(NCCCO)(OCCOCCOCCCC)=NP(NCCCO)(OCCOCCOCCCC)=N1. The van der Waals surface area contributed by atoms with Gasteiger partial charge in [-0.2, -0.15) is 13.5 Å².